The molecular formula is C26H30O5. The summed E-state index contributed by atoms with van der Waals surface area (Å²) in [4.78, 5) is 14.0. The summed E-state index contributed by atoms with van der Waals surface area (Å²) in [6.07, 6.45) is 4.88. The van der Waals surface area contributed by atoms with E-state index in [4.69, 9.17) is 18.9 Å². The number of benzene rings is 2. The van der Waals surface area contributed by atoms with E-state index in [1.54, 1.807) is 28.4 Å². The first-order valence-electron chi connectivity index (χ1n) is 11.0. The van der Waals surface area contributed by atoms with Gasteiger partial charge in [-0.3, -0.25) is 4.79 Å². The van der Waals surface area contributed by atoms with Gasteiger partial charge < -0.3 is 18.9 Å². The van der Waals surface area contributed by atoms with Crippen LogP contribution < -0.4 is 18.9 Å². The molecule has 3 aliphatic carbocycles. The van der Waals surface area contributed by atoms with Crippen LogP contribution in [0.25, 0.3) is 0 Å². The summed E-state index contributed by atoms with van der Waals surface area (Å²) in [5, 5.41) is 0. The van der Waals surface area contributed by atoms with Crippen molar-refractivity contribution in [3.63, 3.8) is 0 Å². The van der Waals surface area contributed by atoms with E-state index in [1.807, 2.05) is 24.3 Å². The van der Waals surface area contributed by atoms with Gasteiger partial charge in [0.25, 0.3) is 0 Å². The quantitative estimate of drug-likeness (QED) is 0.647. The molecule has 4 atom stereocenters. The molecule has 5 rings (SSSR count). The maximum atomic E-state index is 14.0. The summed E-state index contributed by atoms with van der Waals surface area (Å²) in [6, 6.07) is 11.9. The Balaban J connectivity index is 1.43. The first-order valence-corrected chi connectivity index (χ1v) is 11.0. The number of methoxy groups -OCH3 is 4. The fourth-order valence-corrected chi connectivity index (χ4v) is 6.14. The van der Waals surface area contributed by atoms with Gasteiger partial charge in [-0.25, -0.2) is 0 Å². The Labute approximate surface area is 183 Å². The highest BCUT2D eigenvalue weighted by molar-refractivity contribution is 5.98. The molecule has 0 bridgehead atoms. The third-order valence-electron chi connectivity index (χ3n) is 7.93. The van der Waals surface area contributed by atoms with Crippen LogP contribution >= 0.6 is 0 Å². The molecule has 5 nitrogen and oxygen atoms in total. The van der Waals surface area contributed by atoms with Crippen molar-refractivity contribution in [2.45, 2.75) is 43.9 Å². The van der Waals surface area contributed by atoms with Crippen molar-refractivity contribution in [3.8, 4) is 23.0 Å². The summed E-state index contributed by atoms with van der Waals surface area (Å²) >= 11 is 0. The molecule has 3 saturated carbocycles. The van der Waals surface area contributed by atoms with Gasteiger partial charge in [-0.05, 0) is 48.9 Å². The molecule has 0 heterocycles. The van der Waals surface area contributed by atoms with Crippen LogP contribution in [0.1, 0.15) is 55.1 Å². The van der Waals surface area contributed by atoms with Gasteiger partial charge in [0, 0.05) is 34.8 Å². The van der Waals surface area contributed by atoms with E-state index in [9.17, 15) is 4.79 Å². The lowest BCUT2D eigenvalue weighted by Gasteiger charge is -2.30. The zero-order chi connectivity index (χ0) is 21.8. The molecule has 5 heteroatoms. The van der Waals surface area contributed by atoms with Gasteiger partial charge in [0.15, 0.2) is 0 Å². The molecule has 2 spiro atoms. The topological polar surface area (TPSA) is 54.0 Å². The SMILES string of the molecule is COc1ccc(C2C[C@]23CCC[C@@]2(CC2c2ccc(OC)cc2OC)C3=O)c(OC)c1. The summed E-state index contributed by atoms with van der Waals surface area (Å²) in [6.45, 7) is 0. The normalized spacial score (nSPS) is 30.9. The van der Waals surface area contributed by atoms with Crippen LogP contribution in [0.2, 0.25) is 0 Å². The van der Waals surface area contributed by atoms with Gasteiger partial charge in [-0.1, -0.05) is 18.6 Å². The Hall–Kier alpha value is -2.69. The van der Waals surface area contributed by atoms with Crippen molar-refractivity contribution in [2.75, 3.05) is 28.4 Å². The molecule has 0 radical (unpaired) electrons. The average molecular weight is 423 g/mol. The Kier molecular flexibility index (Phi) is 4.68. The monoisotopic (exact) mass is 422 g/mol. The van der Waals surface area contributed by atoms with Gasteiger partial charge in [-0.15, -0.1) is 0 Å². The maximum Gasteiger partial charge on any atom is 0.146 e. The van der Waals surface area contributed by atoms with Gasteiger partial charge in [0.2, 0.25) is 0 Å². The molecule has 3 aliphatic rings. The van der Waals surface area contributed by atoms with Crippen LogP contribution in [0.4, 0.5) is 0 Å². The second-order valence-corrected chi connectivity index (χ2v) is 9.22. The Bertz CT molecular complexity index is 951. The lowest BCUT2D eigenvalue weighted by atomic mass is 9.71. The predicted octanol–water partition coefficient (Wildman–Crippen LogP) is 5.12. The van der Waals surface area contributed by atoms with Gasteiger partial charge in [-0.2, -0.15) is 0 Å². The average Bonchev–Trinajstić information content (AvgIpc) is 3.72. The smallest absolute Gasteiger partial charge is 0.146 e. The summed E-state index contributed by atoms with van der Waals surface area (Å²) in [5.41, 5.74) is 1.78. The molecule has 3 fully saturated rings. The van der Waals surface area contributed by atoms with Crippen molar-refractivity contribution < 1.29 is 23.7 Å². The number of hydrogen-bond acceptors (Lipinski definition) is 5. The number of carbonyl (C=O) groups excluding carboxylic acids is 1. The molecule has 2 aromatic carbocycles. The molecule has 31 heavy (non-hydrogen) atoms. The minimum absolute atomic E-state index is 0.233. The lowest BCUT2D eigenvalue weighted by Crippen LogP contribution is -2.33. The van der Waals surface area contributed by atoms with E-state index in [-0.39, 0.29) is 22.7 Å². The van der Waals surface area contributed by atoms with Crippen molar-refractivity contribution in [2.24, 2.45) is 10.8 Å². The van der Waals surface area contributed by atoms with Crippen molar-refractivity contribution >= 4 is 5.78 Å². The summed E-state index contributed by atoms with van der Waals surface area (Å²) in [5.74, 6) is 4.10. The first kappa shape index (κ1) is 20.2. The fourth-order valence-electron chi connectivity index (χ4n) is 6.14. The van der Waals surface area contributed by atoms with Crippen molar-refractivity contribution in [1.82, 2.24) is 0 Å². The van der Waals surface area contributed by atoms with Crippen LogP contribution in [-0.4, -0.2) is 34.2 Å². The van der Waals surface area contributed by atoms with E-state index < -0.39 is 0 Å². The van der Waals surface area contributed by atoms with Gasteiger partial charge in [0.1, 0.15) is 28.8 Å². The van der Waals surface area contributed by atoms with Crippen LogP contribution in [0, 0.1) is 10.8 Å². The van der Waals surface area contributed by atoms with Crippen LogP contribution in [0.3, 0.4) is 0 Å². The second kappa shape index (κ2) is 7.18. The molecule has 0 N–H and O–H groups in total. The van der Waals surface area contributed by atoms with E-state index in [0.29, 0.717) is 5.78 Å². The van der Waals surface area contributed by atoms with E-state index >= 15 is 0 Å². The maximum absolute atomic E-state index is 14.0. The highest BCUT2D eigenvalue weighted by Crippen LogP contribution is 2.76. The zero-order valence-electron chi connectivity index (χ0n) is 18.7. The number of hydrogen-bond donors (Lipinski definition) is 0. The highest BCUT2D eigenvalue weighted by atomic mass is 16.5. The molecule has 0 amide bonds. The minimum Gasteiger partial charge on any atom is -0.497 e. The van der Waals surface area contributed by atoms with Crippen molar-refractivity contribution in [1.29, 1.82) is 0 Å². The van der Waals surface area contributed by atoms with E-state index in [2.05, 4.69) is 12.1 Å². The largest absolute Gasteiger partial charge is 0.497 e. The molecule has 0 saturated heterocycles. The molecule has 2 unspecified atom stereocenters. The number of ketones is 1. The standard InChI is InChI=1S/C26H30O5/c1-28-16-6-8-18(22(12-16)30-3)20-14-25(20)10-5-11-26(24(25)27)15-21(26)19-9-7-17(29-2)13-23(19)31-4/h6-9,12-13,20-21H,5,10-11,14-15H2,1-4H3/t20?,21?,25-,26+. The Morgan fingerprint density at radius 1 is 0.710 bits per heavy atom. The van der Waals surface area contributed by atoms with Gasteiger partial charge >= 0.3 is 0 Å². The second-order valence-electron chi connectivity index (χ2n) is 9.22. The summed E-state index contributed by atoms with van der Waals surface area (Å²) in [7, 11) is 6.68. The Morgan fingerprint density at radius 3 is 1.55 bits per heavy atom. The van der Waals surface area contributed by atoms with E-state index in [1.165, 1.54) is 0 Å². The van der Waals surface area contributed by atoms with Crippen molar-refractivity contribution in [3.05, 3.63) is 47.5 Å². The number of rotatable bonds is 6. The highest BCUT2D eigenvalue weighted by Gasteiger charge is 2.73. The third kappa shape index (κ3) is 2.93. The molecule has 0 aromatic heterocycles. The third-order valence-corrected chi connectivity index (χ3v) is 7.93. The number of ether oxygens (including phenoxy) is 4. The fraction of sp³-hybridized carbons (Fsp3) is 0.500. The van der Waals surface area contributed by atoms with Crippen LogP contribution in [0.5, 0.6) is 23.0 Å². The Morgan fingerprint density at radius 2 is 1.16 bits per heavy atom. The summed E-state index contributed by atoms with van der Waals surface area (Å²) < 4.78 is 22.0. The van der Waals surface area contributed by atoms with E-state index in [0.717, 1.165) is 66.2 Å². The van der Waals surface area contributed by atoms with Crippen LogP contribution in [-0.2, 0) is 4.79 Å². The van der Waals surface area contributed by atoms with Gasteiger partial charge in [0.05, 0.1) is 28.4 Å². The van der Waals surface area contributed by atoms with Crippen LogP contribution in [0.15, 0.2) is 36.4 Å². The zero-order valence-corrected chi connectivity index (χ0v) is 18.7. The first-order chi connectivity index (χ1) is 15.0. The predicted molar refractivity (Wildman–Crippen MR) is 118 cm³/mol. The molecule has 164 valence electrons. The molecule has 2 aromatic rings. The lowest BCUT2D eigenvalue weighted by molar-refractivity contribution is -0.132. The molecular weight excluding hydrogens is 392 g/mol. The number of Topliss-reactive ketones (excluding diaryl/α,β-unsaturated/α-hetero) is 1. The minimum atomic E-state index is -0.241. The molecule has 0 aliphatic heterocycles. The number of carbonyl (C=O) groups is 1.